The lowest BCUT2D eigenvalue weighted by atomic mass is 10.2. The molecule has 0 aliphatic rings. The molecule has 1 amide bonds. The molecule has 6 nitrogen and oxygen atoms in total. The van der Waals surface area contributed by atoms with Crippen molar-refractivity contribution in [3.63, 3.8) is 0 Å². The lowest BCUT2D eigenvalue weighted by Gasteiger charge is -2.08. The van der Waals surface area contributed by atoms with Crippen LogP contribution in [-0.4, -0.2) is 29.1 Å². The van der Waals surface area contributed by atoms with Gasteiger partial charge in [0, 0.05) is 31.0 Å². The Morgan fingerprint density at radius 1 is 1.48 bits per heavy atom. The number of carbonyl (C=O) groups is 1. The molecule has 7 heteroatoms. The quantitative estimate of drug-likeness (QED) is 0.885. The van der Waals surface area contributed by atoms with Crippen molar-refractivity contribution in [2.45, 2.75) is 6.54 Å². The fraction of sp³-hybridized carbons (Fsp3) is 0.214. The Hall–Kier alpha value is -2.70. The molecule has 1 aromatic heterocycles. The van der Waals surface area contributed by atoms with Crippen molar-refractivity contribution in [1.82, 2.24) is 14.9 Å². The molecule has 0 aliphatic carbocycles. The normalized spacial score (nSPS) is 10.2. The SMILES string of the molecule is COc1ccc(C(=O)NCCn2cccnc2=O)cc1F. The van der Waals surface area contributed by atoms with Crippen LogP contribution < -0.4 is 15.7 Å². The summed E-state index contributed by atoms with van der Waals surface area (Å²) in [6.07, 6.45) is 2.98. The molecule has 2 aromatic rings. The minimum absolute atomic E-state index is 0.0773. The molecule has 1 N–H and O–H groups in total. The minimum Gasteiger partial charge on any atom is -0.494 e. The largest absolute Gasteiger partial charge is 0.494 e. The highest BCUT2D eigenvalue weighted by Crippen LogP contribution is 2.17. The second-order valence-corrected chi connectivity index (χ2v) is 4.20. The lowest BCUT2D eigenvalue weighted by Crippen LogP contribution is -2.31. The average molecular weight is 291 g/mol. The highest BCUT2D eigenvalue weighted by Gasteiger charge is 2.09. The van der Waals surface area contributed by atoms with Crippen LogP contribution in [-0.2, 0) is 6.54 Å². The van der Waals surface area contributed by atoms with E-state index in [-0.39, 0.29) is 30.1 Å². The van der Waals surface area contributed by atoms with E-state index in [1.54, 1.807) is 12.3 Å². The van der Waals surface area contributed by atoms with Crippen LogP contribution in [0.5, 0.6) is 5.75 Å². The molecule has 0 saturated heterocycles. The number of nitrogens with one attached hydrogen (secondary N) is 1. The second kappa shape index (κ2) is 6.65. The Bertz CT molecular complexity index is 700. The van der Waals surface area contributed by atoms with Crippen LogP contribution in [0.25, 0.3) is 0 Å². The molecule has 0 unspecified atom stereocenters. The Morgan fingerprint density at radius 2 is 2.29 bits per heavy atom. The Labute approximate surface area is 120 Å². The van der Waals surface area contributed by atoms with Gasteiger partial charge in [0.05, 0.1) is 7.11 Å². The zero-order valence-electron chi connectivity index (χ0n) is 11.4. The average Bonchev–Trinajstić information content (AvgIpc) is 2.49. The van der Waals surface area contributed by atoms with Crippen molar-refractivity contribution in [3.05, 3.63) is 58.5 Å². The summed E-state index contributed by atoms with van der Waals surface area (Å²) >= 11 is 0. The predicted molar refractivity (Wildman–Crippen MR) is 73.8 cm³/mol. The first-order chi connectivity index (χ1) is 10.1. The van der Waals surface area contributed by atoms with Gasteiger partial charge in [-0.3, -0.25) is 9.36 Å². The van der Waals surface area contributed by atoms with Crippen molar-refractivity contribution in [2.75, 3.05) is 13.7 Å². The first-order valence-electron chi connectivity index (χ1n) is 6.25. The van der Waals surface area contributed by atoms with Crippen molar-refractivity contribution in [3.8, 4) is 5.75 Å². The highest BCUT2D eigenvalue weighted by atomic mass is 19.1. The maximum absolute atomic E-state index is 13.5. The van der Waals surface area contributed by atoms with Gasteiger partial charge in [-0.15, -0.1) is 0 Å². The molecule has 0 fully saturated rings. The zero-order valence-corrected chi connectivity index (χ0v) is 11.4. The summed E-state index contributed by atoms with van der Waals surface area (Å²) in [5.74, 6) is -0.949. The van der Waals surface area contributed by atoms with E-state index in [1.807, 2.05) is 0 Å². The number of rotatable bonds is 5. The summed E-state index contributed by atoms with van der Waals surface area (Å²) in [4.78, 5) is 26.8. The standard InChI is InChI=1S/C14H14FN3O3/c1-21-12-4-3-10(9-11(12)15)13(19)16-6-8-18-7-2-5-17-14(18)20/h2-5,7,9H,6,8H2,1H3,(H,16,19). The van der Waals surface area contributed by atoms with Gasteiger partial charge in [0.15, 0.2) is 11.6 Å². The number of ether oxygens (including phenoxy) is 1. The third-order valence-electron chi connectivity index (χ3n) is 2.83. The monoisotopic (exact) mass is 291 g/mol. The number of benzene rings is 1. The van der Waals surface area contributed by atoms with E-state index in [0.717, 1.165) is 6.07 Å². The Balaban J connectivity index is 1.95. The number of hydrogen-bond acceptors (Lipinski definition) is 4. The Morgan fingerprint density at radius 3 is 2.95 bits per heavy atom. The van der Waals surface area contributed by atoms with Gasteiger partial charge in [-0.05, 0) is 24.3 Å². The summed E-state index contributed by atoms with van der Waals surface area (Å²) in [5, 5.41) is 2.61. The fourth-order valence-electron chi connectivity index (χ4n) is 1.76. The molecule has 0 atom stereocenters. The van der Waals surface area contributed by atoms with Crippen LogP contribution in [0.2, 0.25) is 0 Å². The lowest BCUT2D eigenvalue weighted by molar-refractivity contribution is 0.0951. The van der Waals surface area contributed by atoms with Crippen LogP contribution in [0, 0.1) is 5.82 Å². The summed E-state index contributed by atoms with van der Waals surface area (Å²) in [6.45, 7) is 0.523. The van der Waals surface area contributed by atoms with E-state index in [0.29, 0.717) is 0 Å². The number of carbonyl (C=O) groups excluding carboxylic acids is 1. The summed E-state index contributed by atoms with van der Waals surface area (Å²) < 4.78 is 19.6. The van der Waals surface area contributed by atoms with E-state index in [9.17, 15) is 14.0 Å². The highest BCUT2D eigenvalue weighted by molar-refractivity contribution is 5.94. The molecule has 0 radical (unpaired) electrons. The molecule has 1 aromatic carbocycles. The first kappa shape index (κ1) is 14.7. The first-order valence-corrected chi connectivity index (χ1v) is 6.25. The Kier molecular flexibility index (Phi) is 4.65. The molecule has 21 heavy (non-hydrogen) atoms. The van der Waals surface area contributed by atoms with Crippen LogP contribution in [0.3, 0.4) is 0 Å². The van der Waals surface area contributed by atoms with E-state index in [1.165, 1.54) is 30.0 Å². The molecule has 0 bridgehead atoms. The van der Waals surface area contributed by atoms with Crippen molar-refractivity contribution >= 4 is 5.91 Å². The summed E-state index contributed by atoms with van der Waals surface area (Å²) in [5.41, 5.74) is -0.200. The van der Waals surface area contributed by atoms with Gasteiger partial charge in [-0.2, -0.15) is 0 Å². The van der Waals surface area contributed by atoms with Crippen LogP contribution >= 0.6 is 0 Å². The number of halogens is 1. The third-order valence-corrected chi connectivity index (χ3v) is 2.83. The van der Waals surface area contributed by atoms with Gasteiger partial charge in [-0.25, -0.2) is 14.2 Å². The molecule has 0 saturated carbocycles. The van der Waals surface area contributed by atoms with Gasteiger partial charge in [-0.1, -0.05) is 0 Å². The smallest absolute Gasteiger partial charge is 0.347 e. The van der Waals surface area contributed by atoms with Crippen LogP contribution in [0.15, 0.2) is 41.5 Å². The van der Waals surface area contributed by atoms with Crippen LogP contribution in [0.1, 0.15) is 10.4 Å². The number of nitrogens with zero attached hydrogens (tertiary/aromatic N) is 2. The van der Waals surface area contributed by atoms with E-state index in [2.05, 4.69) is 10.3 Å². The number of hydrogen-bond donors (Lipinski definition) is 1. The van der Waals surface area contributed by atoms with E-state index < -0.39 is 11.7 Å². The maximum Gasteiger partial charge on any atom is 0.347 e. The second-order valence-electron chi connectivity index (χ2n) is 4.20. The number of methoxy groups -OCH3 is 1. The van der Waals surface area contributed by atoms with Gasteiger partial charge in [0.2, 0.25) is 0 Å². The number of aromatic nitrogens is 2. The molecular formula is C14H14FN3O3. The molecule has 0 spiro atoms. The topological polar surface area (TPSA) is 73.2 Å². The van der Waals surface area contributed by atoms with Gasteiger partial charge >= 0.3 is 5.69 Å². The third kappa shape index (κ3) is 3.65. The van der Waals surface area contributed by atoms with E-state index >= 15 is 0 Å². The van der Waals surface area contributed by atoms with Crippen molar-refractivity contribution in [2.24, 2.45) is 0 Å². The molecular weight excluding hydrogens is 277 g/mol. The van der Waals surface area contributed by atoms with Crippen molar-refractivity contribution in [1.29, 1.82) is 0 Å². The molecule has 110 valence electrons. The van der Waals surface area contributed by atoms with Gasteiger partial charge in [0.25, 0.3) is 5.91 Å². The summed E-state index contributed by atoms with van der Waals surface area (Å²) in [7, 11) is 1.35. The summed E-state index contributed by atoms with van der Waals surface area (Å²) in [6, 6.07) is 5.58. The molecule has 1 heterocycles. The fourth-order valence-corrected chi connectivity index (χ4v) is 1.76. The zero-order chi connectivity index (χ0) is 15.2. The molecule has 0 aliphatic heterocycles. The van der Waals surface area contributed by atoms with Gasteiger partial charge in [0.1, 0.15) is 0 Å². The van der Waals surface area contributed by atoms with E-state index in [4.69, 9.17) is 4.74 Å². The minimum atomic E-state index is -0.603. The number of amides is 1. The van der Waals surface area contributed by atoms with Crippen molar-refractivity contribution < 1.29 is 13.9 Å². The van der Waals surface area contributed by atoms with Gasteiger partial charge < -0.3 is 10.1 Å². The predicted octanol–water partition coefficient (Wildman–Crippen LogP) is 0.821. The van der Waals surface area contributed by atoms with Crippen LogP contribution in [0.4, 0.5) is 4.39 Å². The maximum atomic E-state index is 13.5. The molecule has 2 rings (SSSR count).